The average Bonchev–Trinajstić information content (AvgIpc) is 2.94. The Labute approximate surface area is 115 Å². The van der Waals surface area contributed by atoms with Gasteiger partial charge in [-0.15, -0.1) is 0 Å². The molecule has 1 atom stereocenters. The summed E-state index contributed by atoms with van der Waals surface area (Å²) in [6, 6.07) is 6.09. The molecule has 20 heavy (non-hydrogen) atoms. The van der Waals surface area contributed by atoms with Gasteiger partial charge in [-0.3, -0.25) is 10.1 Å². The molecule has 1 aliphatic rings. The molecular formula is C15H13N3O2. The summed E-state index contributed by atoms with van der Waals surface area (Å²) >= 11 is 0. The van der Waals surface area contributed by atoms with Gasteiger partial charge < -0.3 is 9.84 Å². The van der Waals surface area contributed by atoms with Crippen molar-refractivity contribution in [2.75, 3.05) is 6.61 Å². The molecule has 3 heterocycles. The Bertz CT molecular complexity index is 782. The molecule has 0 saturated carbocycles. The number of aliphatic hydroxyl groups excluding tert-OH is 1. The molecule has 0 saturated heterocycles. The van der Waals surface area contributed by atoms with Gasteiger partial charge in [-0.2, -0.15) is 5.10 Å². The van der Waals surface area contributed by atoms with E-state index in [0.29, 0.717) is 13.2 Å². The van der Waals surface area contributed by atoms with Crippen LogP contribution in [-0.4, -0.2) is 26.9 Å². The fourth-order valence-electron chi connectivity index (χ4n) is 2.67. The maximum Gasteiger partial charge on any atom is 0.104 e. The first kappa shape index (κ1) is 11.6. The number of nitrogens with zero attached hydrogens (tertiary/aromatic N) is 2. The van der Waals surface area contributed by atoms with Crippen LogP contribution >= 0.6 is 0 Å². The van der Waals surface area contributed by atoms with Gasteiger partial charge in [0, 0.05) is 28.9 Å². The molecule has 100 valence electrons. The monoisotopic (exact) mass is 267 g/mol. The number of benzene rings is 1. The highest BCUT2D eigenvalue weighted by atomic mass is 16.5. The van der Waals surface area contributed by atoms with Crippen LogP contribution < -0.4 is 0 Å². The Hall–Kier alpha value is -2.24. The van der Waals surface area contributed by atoms with Crippen LogP contribution in [0, 0.1) is 0 Å². The largest absolute Gasteiger partial charge is 0.386 e. The van der Waals surface area contributed by atoms with Crippen LogP contribution in [0.4, 0.5) is 0 Å². The Morgan fingerprint density at radius 2 is 2.20 bits per heavy atom. The van der Waals surface area contributed by atoms with Crippen LogP contribution in [0.3, 0.4) is 0 Å². The number of hydrogen-bond acceptors (Lipinski definition) is 4. The molecule has 0 fully saturated rings. The summed E-state index contributed by atoms with van der Waals surface area (Å²) < 4.78 is 5.45. The number of aliphatic hydroxyl groups is 1. The van der Waals surface area contributed by atoms with Crippen molar-refractivity contribution in [3.8, 4) is 11.1 Å². The average molecular weight is 267 g/mol. The zero-order valence-electron chi connectivity index (χ0n) is 10.7. The van der Waals surface area contributed by atoms with Crippen molar-refractivity contribution in [1.82, 2.24) is 15.2 Å². The highest BCUT2D eigenvalue weighted by molar-refractivity contribution is 5.84. The molecule has 0 amide bonds. The lowest BCUT2D eigenvalue weighted by Crippen LogP contribution is -2.17. The van der Waals surface area contributed by atoms with E-state index in [2.05, 4.69) is 21.2 Å². The van der Waals surface area contributed by atoms with Gasteiger partial charge in [-0.05, 0) is 23.3 Å². The second-order valence-corrected chi connectivity index (χ2v) is 4.96. The lowest BCUT2D eigenvalue weighted by Gasteiger charge is -2.23. The molecule has 5 heteroatoms. The molecule has 1 unspecified atom stereocenters. The fraction of sp³-hybridized carbons (Fsp3) is 0.200. The topological polar surface area (TPSA) is 71.0 Å². The summed E-state index contributed by atoms with van der Waals surface area (Å²) in [6.45, 7) is 0.840. The molecule has 1 aliphatic heterocycles. The highest BCUT2D eigenvalue weighted by Gasteiger charge is 2.22. The molecule has 4 rings (SSSR count). The number of aromatic nitrogens is 3. The summed E-state index contributed by atoms with van der Waals surface area (Å²) in [7, 11) is 0. The van der Waals surface area contributed by atoms with Crippen molar-refractivity contribution in [3.05, 3.63) is 47.9 Å². The van der Waals surface area contributed by atoms with E-state index in [-0.39, 0.29) is 0 Å². The minimum Gasteiger partial charge on any atom is -0.386 e. The fourth-order valence-corrected chi connectivity index (χ4v) is 2.67. The Kier molecular flexibility index (Phi) is 2.55. The number of pyridine rings is 1. The molecule has 2 aromatic heterocycles. The number of fused-ring (bicyclic) bond motifs is 2. The van der Waals surface area contributed by atoms with E-state index >= 15 is 0 Å². The van der Waals surface area contributed by atoms with Gasteiger partial charge in [0.2, 0.25) is 0 Å². The zero-order chi connectivity index (χ0) is 13.5. The van der Waals surface area contributed by atoms with E-state index in [1.165, 1.54) is 0 Å². The first-order valence-corrected chi connectivity index (χ1v) is 6.49. The first-order valence-electron chi connectivity index (χ1n) is 6.49. The van der Waals surface area contributed by atoms with Gasteiger partial charge in [0.05, 0.1) is 24.9 Å². The molecule has 2 N–H and O–H groups in total. The second-order valence-electron chi connectivity index (χ2n) is 4.96. The van der Waals surface area contributed by atoms with Gasteiger partial charge >= 0.3 is 0 Å². The van der Waals surface area contributed by atoms with Crippen molar-refractivity contribution in [3.63, 3.8) is 0 Å². The van der Waals surface area contributed by atoms with Crippen molar-refractivity contribution < 1.29 is 9.84 Å². The molecule has 5 nitrogen and oxygen atoms in total. The van der Waals surface area contributed by atoms with Crippen LogP contribution in [0.25, 0.3) is 22.0 Å². The Morgan fingerprint density at radius 3 is 3.15 bits per heavy atom. The second kappa shape index (κ2) is 4.40. The normalized spacial score (nSPS) is 18.1. The van der Waals surface area contributed by atoms with Crippen LogP contribution in [-0.2, 0) is 11.3 Å². The SMILES string of the molecule is OC1COCc2c(-c3ccc4[nH]ncc4c3)cncc21. The van der Waals surface area contributed by atoms with Crippen LogP contribution in [0.1, 0.15) is 17.2 Å². The van der Waals surface area contributed by atoms with Crippen molar-refractivity contribution >= 4 is 10.9 Å². The minimum absolute atomic E-state index is 0.332. The maximum absolute atomic E-state index is 9.99. The van der Waals surface area contributed by atoms with E-state index in [9.17, 15) is 5.11 Å². The first-order chi connectivity index (χ1) is 9.83. The van der Waals surface area contributed by atoms with E-state index in [4.69, 9.17) is 4.74 Å². The van der Waals surface area contributed by atoms with E-state index in [0.717, 1.165) is 33.2 Å². The van der Waals surface area contributed by atoms with Crippen molar-refractivity contribution in [2.24, 2.45) is 0 Å². The quantitative estimate of drug-likeness (QED) is 0.709. The van der Waals surface area contributed by atoms with Crippen LogP contribution in [0.15, 0.2) is 36.8 Å². The number of aromatic amines is 1. The minimum atomic E-state index is -0.594. The smallest absolute Gasteiger partial charge is 0.104 e. The molecule has 1 aromatic carbocycles. The molecule has 0 aliphatic carbocycles. The lowest BCUT2D eigenvalue weighted by molar-refractivity contribution is 0.00981. The van der Waals surface area contributed by atoms with E-state index in [1.54, 1.807) is 12.4 Å². The summed E-state index contributed by atoms with van der Waals surface area (Å²) in [5, 5.41) is 18.0. The van der Waals surface area contributed by atoms with Gasteiger partial charge in [-0.25, -0.2) is 0 Å². The summed E-state index contributed by atoms with van der Waals surface area (Å²) in [5.74, 6) is 0. The van der Waals surface area contributed by atoms with Crippen molar-refractivity contribution in [1.29, 1.82) is 0 Å². The molecular weight excluding hydrogens is 254 g/mol. The number of ether oxygens (including phenoxy) is 1. The summed E-state index contributed by atoms with van der Waals surface area (Å²) in [6.07, 6.45) is 4.75. The predicted molar refractivity (Wildman–Crippen MR) is 73.9 cm³/mol. The van der Waals surface area contributed by atoms with Gasteiger partial charge in [0.15, 0.2) is 0 Å². The Balaban J connectivity index is 1.91. The standard InChI is InChI=1S/C15H13N3O2/c19-15-8-20-7-13-11(5-16-6-12(13)15)9-1-2-14-10(3-9)4-17-18-14/h1-6,15,19H,7-8H2,(H,17,18). The number of hydrogen-bond donors (Lipinski definition) is 2. The molecule has 0 bridgehead atoms. The lowest BCUT2D eigenvalue weighted by atomic mass is 9.94. The van der Waals surface area contributed by atoms with E-state index < -0.39 is 6.10 Å². The molecule has 0 radical (unpaired) electrons. The van der Waals surface area contributed by atoms with Crippen LogP contribution in [0.2, 0.25) is 0 Å². The van der Waals surface area contributed by atoms with Gasteiger partial charge in [0.1, 0.15) is 6.10 Å². The number of H-pyrrole nitrogens is 1. The molecule has 3 aromatic rings. The van der Waals surface area contributed by atoms with Crippen molar-refractivity contribution in [2.45, 2.75) is 12.7 Å². The van der Waals surface area contributed by atoms with Gasteiger partial charge in [-0.1, -0.05) is 6.07 Å². The summed E-state index contributed by atoms with van der Waals surface area (Å²) in [5.41, 5.74) is 4.94. The third kappa shape index (κ3) is 1.71. The maximum atomic E-state index is 9.99. The number of nitrogens with one attached hydrogen (secondary N) is 1. The highest BCUT2D eigenvalue weighted by Crippen LogP contribution is 2.33. The number of rotatable bonds is 1. The Morgan fingerprint density at radius 1 is 1.25 bits per heavy atom. The zero-order valence-corrected chi connectivity index (χ0v) is 10.7. The van der Waals surface area contributed by atoms with Crippen LogP contribution in [0.5, 0.6) is 0 Å². The third-order valence-electron chi connectivity index (χ3n) is 3.72. The molecule has 0 spiro atoms. The summed E-state index contributed by atoms with van der Waals surface area (Å²) in [4.78, 5) is 4.25. The predicted octanol–water partition coefficient (Wildman–Crippen LogP) is 2.19. The van der Waals surface area contributed by atoms with Gasteiger partial charge in [0.25, 0.3) is 0 Å². The van der Waals surface area contributed by atoms with E-state index in [1.807, 2.05) is 18.3 Å². The third-order valence-corrected chi connectivity index (χ3v) is 3.72.